The molecular weight excluding hydrogens is 194 g/mol. The lowest BCUT2D eigenvalue weighted by Crippen LogP contribution is -2.35. The molecule has 1 N–H and O–H groups in total. The van der Waals surface area contributed by atoms with Crippen molar-refractivity contribution in [3.8, 4) is 0 Å². The van der Waals surface area contributed by atoms with Gasteiger partial charge in [0.25, 0.3) is 0 Å². The molecule has 0 aliphatic carbocycles. The normalized spacial score (nSPS) is 14.6. The second-order valence-electron chi connectivity index (χ2n) is 3.98. The summed E-state index contributed by atoms with van der Waals surface area (Å²) < 4.78 is 0. The summed E-state index contributed by atoms with van der Waals surface area (Å²) in [6, 6.07) is 0. The molecule has 2 nitrogen and oxygen atoms in total. The second-order valence-corrected chi connectivity index (χ2v) is 4.39. The van der Waals surface area contributed by atoms with Crippen molar-refractivity contribution in [2.45, 2.75) is 32.8 Å². The van der Waals surface area contributed by atoms with Crippen molar-refractivity contribution in [1.82, 2.24) is 4.90 Å². The largest absolute Gasteiger partial charge is 0.392 e. The number of hydrogen-bond donors (Lipinski definition) is 1. The van der Waals surface area contributed by atoms with Gasteiger partial charge in [0.05, 0.1) is 11.1 Å². The van der Waals surface area contributed by atoms with E-state index in [4.69, 9.17) is 12.2 Å². The first-order valence-corrected chi connectivity index (χ1v) is 5.34. The predicted octanol–water partition coefficient (Wildman–Crippen LogP) is 2.23. The molecule has 0 saturated heterocycles. The molecule has 0 radical (unpaired) electrons. The second kappa shape index (κ2) is 6.14. The van der Waals surface area contributed by atoms with Crippen LogP contribution < -0.4 is 0 Å². The zero-order valence-corrected chi connectivity index (χ0v) is 10.4. The molecule has 0 saturated carbocycles. The minimum absolute atomic E-state index is 0.0301. The quantitative estimate of drug-likeness (QED) is 0.562. The van der Waals surface area contributed by atoms with Crippen LogP contribution in [-0.2, 0) is 0 Å². The fourth-order valence-electron chi connectivity index (χ4n) is 1.38. The van der Waals surface area contributed by atoms with Gasteiger partial charge in [-0.2, -0.15) is 0 Å². The highest BCUT2D eigenvalue weighted by Crippen LogP contribution is 2.19. The summed E-state index contributed by atoms with van der Waals surface area (Å²) in [4.78, 5) is 2.70. The van der Waals surface area contributed by atoms with E-state index in [1.807, 2.05) is 32.8 Å². The summed E-state index contributed by atoms with van der Waals surface area (Å²) in [6.45, 7) is 7.80. The molecule has 14 heavy (non-hydrogen) atoms. The van der Waals surface area contributed by atoms with E-state index >= 15 is 0 Å². The Labute approximate surface area is 92.6 Å². The number of aliphatic hydroxyl groups excluding tert-OH is 1. The Morgan fingerprint density at radius 1 is 1.50 bits per heavy atom. The number of rotatable bonds is 5. The van der Waals surface area contributed by atoms with Gasteiger partial charge in [0.15, 0.2) is 0 Å². The lowest BCUT2D eigenvalue weighted by atomic mass is 9.93. The van der Waals surface area contributed by atoms with Crippen LogP contribution in [0.25, 0.3) is 0 Å². The van der Waals surface area contributed by atoms with E-state index in [2.05, 4.69) is 6.58 Å². The smallest absolute Gasteiger partial charge is 0.0834 e. The van der Waals surface area contributed by atoms with Gasteiger partial charge in [-0.25, -0.2) is 0 Å². The average Bonchev–Trinajstić information content (AvgIpc) is 2.11. The third-order valence-corrected chi connectivity index (χ3v) is 2.88. The molecule has 82 valence electrons. The summed E-state index contributed by atoms with van der Waals surface area (Å²) in [7, 11) is 3.83. The molecule has 0 unspecified atom stereocenters. The highest BCUT2D eigenvalue weighted by Gasteiger charge is 2.23. The average molecular weight is 215 g/mol. The van der Waals surface area contributed by atoms with Crippen molar-refractivity contribution >= 4 is 17.2 Å². The monoisotopic (exact) mass is 215 g/mol. The van der Waals surface area contributed by atoms with Gasteiger partial charge in [-0.3, -0.25) is 0 Å². The van der Waals surface area contributed by atoms with Gasteiger partial charge in [-0.1, -0.05) is 24.7 Å². The van der Waals surface area contributed by atoms with E-state index in [1.165, 1.54) is 0 Å². The van der Waals surface area contributed by atoms with E-state index in [-0.39, 0.29) is 12.0 Å². The minimum atomic E-state index is -0.360. The SMILES string of the molecule is C=C(C)C[C@H](C(=S)N(C)C)[C@H](O)CC. The van der Waals surface area contributed by atoms with Crippen LogP contribution in [0.4, 0.5) is 0 Å². The summed E-state index contributed by atoms with van der Waals surface area (Å²) >= 11 is 5.29. The van der Waals surface area contributed by atoms with Crippen LogP contribution in [0, 0.1) is 5.92 Å². The highest BCUT2D eigenvalue weighted by molar-refractivity contribution is 7.80. The number of nitrogens with zero attached hydrogens (tertiary/aromatic N) is 1. The van der Waals surface area contributed by atoms with Crippen molar-refractivity contribution in [2.75, 3.05) is 14.1 Å². The fraction of sp³-hybridized carbons (Fsp3) is 0.727. The summed E-state index contributed by atoms with van der Waals surface area (Å²) in [6.07, 6.45) is 1.14. The zero-order chi connectivity index (χ0) is 11.3. The van der Waals surface area contributed by atoms with Crippen molar-refractivity contribution in [3.05, 3.63) is 12.2 Å². The van der Waals surface area contributed by atoms with Gasteiger partial charge in [0, 0.05) is 20.0 Å². The van der Waals surface area contributed by atoms with Gasteiger partial charge < -0.3 is 10.0 Å². The fourth-order valence-corrected chi connectivity index (χ4v) is 1.62. The van der Waals surface area contributed by atoms with Crippen molar-refractivity contribution < 1.29 is 5.11 Å². The van der Waals surface area contributed by atoms with Crippen LogP contribution in [0.15, 0.2) is 12.2 Å². The Bertz CT molecular complexity index is 213. The summed E-state index contributed by atoms with van der Waals surface area (Å²) in [5.41, 5.74) is 1.06. The van der Waals surface area contributed by atoms with Crippen molar-refractivity contribution in [2.24, 2.45) is 5.92 Å². The van der Waals surface area contributed by atoms with Crippen LogP contribution in [-0.4, -0.2) is 35.2 Å². The first kappa shape index (κ1) is 13.6. The van der Waals surface area contributed by atoms with Crippen LogP contribution in [0.2, 0.25) is 0 Å². The highest BCUT2D eigenvalue weighted by atomic mass is 32.1. The molecule has 3 heteroatoms. The maximum Gasteiger partial charge on any atom is 0.0834 e. The van der Waals surface area contributed by atoms with Crippen LogP contribution in [0.5, 0.6) is 0 Å². The Morgan fingerprint density at radius 3 is 2.29 bits per heavy atom. The maximum atomic E-state index is 9.83. The molecule has 2 atom stereocenters. The number of allylic oxidation sites excluding steroid dienone is 1. The van der Waals surface area contributed by atoms with Gasteiger partial charge in [-0.05, 0) is 19.8 Å². The molecule has 0 amide bonds. The number of hydrogen-bond acceptors (Lipinski definition) is 2. The molecule has 0 fully saturated rings. The molecule has 0 aliphatic heterocycles. The zero-order valence-electron chi connectivity index (χ0n) is 9.58. The Balaban J connectivity index is 4.54. The first-order valence-electron chi connectivity index (χ1n) is 4.93. The topological polar surface area (TPSA) is 23.5 Å². The maximum absolute atomic E-state index is 9.83. The third kappa shape index (κ3) is 4.20. The Morgan fingerprint density at radius 2 is 2.00 bits per heavy atom. The summed E-state index contributed by atoms with van der Waals surface area (Å²) in [5, 5.41) is 9.83. The molecule has 0 heterocycles. The van der Waals surface area contributed by atoms with Gasteiger partial charge in [0.2, 0.25) is 0 Å². The molecule has 0 aliphatic rings. The standard InChI is InChI=1S/C11H21NOS/c1-6-10(13)9(7-8(2)3)11(14)12(4)5/h9-10,13H,2,6-7H2,1,3-5H3/t9-,10+/m0/s1. The van der Waals surface area contributed by atoms with Crippen LogP contribution in [0.1, 0.15) is 26.7 Å². The third-order valence-electron chi connectivity index (χ3n) is 2.21. The molecule has 0 aromatic rings. The minimum Gasteiger partial charge on any atom is -0.392 e. The van der Waals surface area contributed by atoms with E-state index in [0.717, 1.165) is 23.4 Å². The van der Waals surface area contributed by atoms with E-state index < -0.39 is 0 Å². The van der Waals surface area contributed by atoms with Gasteiger partial charge >= 0.3 is 0 Å². The van der Waals surface area contributed by atoms with Gasteiger partial charge in [-0.15, -0.1) is 6.58 Å². The van der Waals surface area contributed by atoms with E-state index in [9.17, 15) is 5.11 Å². The molecule has 0 bridgehead atoms. The molecular formula is C11H21NOS. The van der Waals surface area contributed by atoms with Crippen LogP contribution >= 0.6 is 12.2 Å². The first-order chi connectivity index (χ1) is 6.40. The van der Waals surface area contributed by atoms with Crippen molar-refractivity contribution in [1.29, 1.82) is 0 Å². The van der Waals surface area contributed by atoms with E-state index in [0.29, 0.717) is 0 Å². The number of thiocarbonyl (C=S) groups is 1. The summed E-state index contributed by atoms with van der Waals surface area (Å²) in [5.74, 6) is 0.0301. The predicted molar refractivity (Wildman–Crippen MR) is 65.5 cm³/mol. The van der Waals surface area contributed by atoms with E-state index in [1.54, 1.807) is 0 Å². The lowest BCUT2D eigenvalue weighted by molar-refractivity contribution is 0.130. The molecule has 0 aromatic carbocycles. The Hall–Kier alpha value is -0.410. The number of aliphatic hydroxyl groups is 1. The molecule has 0 rings (SSSR count). The van der Waals surface area contributed by atoms with Gasteiger partial charge in [0.1, 0.15) is 0 Å². The van der Waals surface area contributed by atoms with Crippen LogP contribution in [0.3, 0.4) is 0 Å². The molecule has 0 spiro atoms. The molecule has 0 aromatic heterocycles. The Kier molecular flexibility index (Phi) is 5.96. The van der Waals surface area contributed by atoms with Crippen molar-refractivity contribution in [3.63, 3.8) is 0 Å². The lowest BCUT2D eigenvalue weighted by Gasteiger charge is -2.27.